The van der Waals surface area contributed by atoms with E-state index in [9.17, 15) is 13.9 Å². The number of aliphatic hydroxyl groups is 1. The van der Waals surface area contributed by atoms with E-state index in [0.29, 0.717) is 18.5 Å². The van der Waals surface area contributed by atoms with Crippen LogP contribution >= 0.6 is 0 Å². The minimum Gasteiger partial charge on any atom is -0.394 e. The van der Waals surface area contributed by atoms with Crippen LogP contribution in [0.5, 0.6) is 0 Å². The van der Waals surface area contributed by atoms with Gasteiger partial charge in [-0.1, -0.05) is 20.3 Å². The Bertz CT molecular complexity index is 264. The van der Waals surface area contributed by atoms with Gasteiger partial charge in [-0.05, 0) is 38.8 Å². The third-order valence-corrected chi connectivity index (χ3v) is 4.12. The van der Waals surface area contributed by atoms with Gasteiger partial charge in [0, 0.05) is 11.6 Å². The van der Waals surface area contributed by atoms with Crippen LogP contribution in [0.2, 0.25) is 0 Å². The summed E-state index contributed by atoms with van der Waals surface area (Å²) >= 11 is 0. The minimum absolute atomic E-state index is 0.133. The molecule has 1 saturated carbocycles. The smallest absolute Gasteiger partial charge is 0.251 e. The number of alkyl halides is 2. The quantitative estimate of drug-likeness (QED) is 0.714. The van der Waals surface area contributed by atoms with Gasteiger partial charge in [0.15, 0.2) is 0 Å². The average molecular weight is 278 g/mol. The molecule has 1 fully saturated rings. The molecule has 5 heteroatoms. The number of halogens is 2. The predicted molar refractivity (Wildman–Crippen MR) is 73.5 cm³/mol. The van der Waals surface area contributed by atoms with Crippen molar-refractivity contribution in [2.75, 3.05) is 26.7 Å². The Labute approximate surface area is 115 Å². The summed E-state index contributed by atoms with van der Waals surface area (Å²) in [5, 5.41) is 13.3. The Balaban J connectivity index is 2.50. The van der Waals surface area contributed by atoms with Gasteiger partial charge in [0.05, 0.1) is 13.2 Å². The summed E-state index contributed by atoms with van der Waals surface area (Å²) in [5.74, 6) is 0.375. The van der Waals surface area contributed by atoms with Gasteiger partial charge >= 0.3 is 0 Å². The maximum Gasteiger partial charge on any atom is 0.251 e. The van der Waals surface area contributed by atoms with E-state index in [1.165, 1.54) is 0 Å². The molecule has 0 aromatic rings. The number of nitrogens with one attached hydrogen (secondary N) is 1. The van der Waals surface area contributed by atoms with Crippen molar-refractivity contribution in [3.8, 4) is 0 Å². The van der Waals surface area contributed by atoms with Crippen LogP contribution < -0.4 is 5.32 Å². The van der Waals surface area contributed by atoms with E-state index >= 15 is 0 Å². The van der Waals surface area contributed by atoms with Gasteiger partial charge in [-0.25, -0.2) is 8.78 Å². The van der Waals surface area contributed by atoms with Crippen LogP contribution in [0.15, 0.2) is 0 Å². The Morgan fingerprint density at radius 1 is 1.42 bits per heavy atom. The summed E-state index contributed by atoms with van der Waals surface area (Å²) in [4.78, 5) is 1.68. The topological polar surface area (TPSA) is 35.5 Å². The lowest BCUT2D eigenvalue weighted by atomic mass is 9.84. The largest absolute Gasteiger partial charge is 0.394 e. The van der Waals surface area contributed by atoms with Crippen molar-refractivity contribution in [1.29, 1.82) is 0 Å². The average Bonchev–Trinajstić information content (AvgIpc) is 2.68. The maximum absolute atomic E-state index is 12.3. The molecule has 0 aliphatic heterocycles. The van der Waals surface area contributed by atoms with Crippen LogP contribution in [-0.4, -0.2) is 54.8 Å². The first-order valence-electron chi connectivity index (χ1n) is 7.25. The van der Waals surface area contributed by atoms with Crippen molar-refractivity contribution < 1.29 is 13.9 Å². The molecular formula is C14H28F2N2O. The highest BCUT2D eigenvalue weighted by atomic mass is 19.3. The molecule has 2 unspecified atom stereocenters. The molecule has 0 amide bonds. The Hall–Kier alpha value is -0.260. The lowest BCUT2D eigenvalue weighted by Crippen LogP contribution is -2.54. The predicted octanol–water partition coefficient (Wildman–Crippen LogP) is 2.10. The van der Waals surface area contributed by atoms with E-state index in [4.69, 9.17) is 0 Å². The molecule has 0 saturated heterocycles. The van der Waals surface area contributed by atoms with Gasteiger partial charge < -0.3 is 15.3 Å². The number of rotatable bonds is 8. The van der Waals surface area contributed by atoms with Gasteiger partial charge in [0.1, 0.15) is 0 Å². The van der Waals surface area contributed by atoms with Crippen LogP contribution in [0.3, 0.4) is 0 Å². The zero-order chi connectivity index (χ0) is 14.5. The second-order valence-electron chi connectivity index (χ2n) is 6.14. The first-order valence-corrected chi connectivity index (χ1v) is 7.25. The summed E-state index contributed by atoms with van der Waals surface area (Å²) in [7, 11) is 1.73. The van der Waals surface area contributed by atoms with Crippen molar-refractivity contribution in [3.05, 3.63) is 0 Å². The lowest BCUT2D eigenvalue weighted by molar-refractivity contribution is 0.0828. The molecule has 1 aliphatic carbocycles. The normalized spacial score (nSPS) is 27.9. The molecule has 1 rings (SSSR count). The Morgan fingerprint density at radius 2 is 2.11 bits per heavy atom. The highest BCUT2D eigenvalue weighted by Crippen LogP contribution is 2.38. The second-order valence-corrected chi connectivity index (χ2v) is 6.14. The summed E-state index contributed by atoms with van der Waals surface area (Å²) in [6.45, 7) is 4.78. The summed E-state index contributed by atoms with van der Waals surface area (Å²) in [6, 6.07) is 0.326. The molecule has 2 atom stereocenters. The molecule has 0 spiro atoms. The van der Waals surface area contributed by atoms with Gasteiger partial charge in [-0.2, -0.15) is 0 Å². The van der Waals surface area contributed by atoms with Gasteiger partial charge in [-0.3, -0.25) is 0 Å². The Morgan fingerprint density at radius 3 is 2.63 bits per heavy atom. The van der Waals surface area contributed by atoms with E-state index in [0.717, 1.165) is 25.7 Å². The molecule has 0 aromatic heterocycles. The summed E-state index contributed by atoms with van der Waals surface area (Å²) in [5.41, 5.74) is -0.208. The first kappa shape index (κ1) is 16.8. The third kappa shape index (κ3) is 4.97. The molecule has 0 aromatic carbocycles. The third-order valence-electron chi connectivity index (χ3n) is 4.12. The molecular weight excluding hydrogens is 250 g/mol. The zero-order valence-electron chi connectivity index (χ0n) is 12.3. The number of hydrogen-bond donors (Lipinski definition) is 2. The standard InChI is InChI=1S/C14H28F2N2O/c1-11(2)17-14(10-19)7-4-5-12(14)6-8-18(3)9-13(15)16/h11-13,17,19H,4-10H2,1-3H3. The Kier molecular flexibility index (Phi) is 6.63. The fourth-order valence-electron chi connectivity index (χ4n) is 3.29. The molecule has 0 bridgehead atoms. The van der Waals surface area contributed by atoms with Crippen molar-refractivity contribution in [2.45, 2.75) is 57.5 Å². The number of aliphatic hydroxyl groups excluding tert-OH is 1. The van der Waals surface area contributed by atoms with Gasteiger partial charge in [0.2, 0.25) is 0 Å². The molecule has 0 radical (unpaired) electrons. The van der Waals surface area contributed by atoms with Crippen molar-refractivity contribution in [1.82, 2.24) is 10.2 Å². The molecule has 0 heterocycles. The lowest BCUT2D eigenvalue weighted by Gasteiger charge is -2.37. The maximum atomic E-state index is 12.3. The summed E-state index contributed by atoms with van der Waals surface area (Å²) < 4.78 is 24.6. The minimum atomic E-state index is -2.27. The van der Waals surface area contributed by atoms with Crippen molar-refractivity contribution in [2.24, 2.45) is 5.92 Å². The molecule has 114 valence electrons. The van der Waals surface area contributed by atoms with E-state index in [-0.39, 0.29) is 18.7 Å². The fourth-order valence-corrected chi connectivity index (χ4v) is 3.29. The van der Waals surface area contributed by atoms with Crippen molar-refractivity contribution >= 4 is 0 Å². The van der Waals surface area contributed by atoms with Crippen LogP contribution in [0.25, 0.3) is 0 Å². The van der Waals surface area contributed by atoms with E-state index in [1.54, 1.807) is 11.9 Å². The van der Waals surface area contributed by atoms with E-state index in [1.807, 2.05) is 0 Å². The van der Waals surface area contributed by atoms with Crippen LogP contribution in [0.4, 0.5) is 8.78 Å². The SMILES string of the molecule is CC(C)NC1(CO)CCCC1CCN(C)CC(F)F. The molecule has 2 N–H and O–H groups in total. The molecule has 19 heavy (non-hydrogen) atoms. The fraction of sp³-hybridized carbons (Fsp3) is 1.00. The second kappa shape index (κ2) is 7.50. The molecule has 3 nitrogen and oxygen atoms in total. The summed E-state index contributed by atoms with van der Waals surface area (Å²) in [6.07, 6.45) is 1.74. The van der Waals surface area contributed by atoms with Crippen LogP contribution in [0, 0.1) is 5.92 Å². The number of nitrogens with zero attached hydrogens (tertiary/aromatic N) is 1. The van der Waals surface area contributed by atoms with E-state index < -0.39 is 6.43 Å². The number of hydrogen-bond acceptors (Lipinski definition) is 3. The first-order chi connectivity index (χ1) is 8.89. The van der Waals surface area contributed by atoms with E-state index in [2.05, 4.69) is 19.2 Å². The highest BCUT2D eigenvalue weighted by Gasteiger charge is 2.42. The van der Waals surface area contributed by atoms with Gasteiger partial charge in [0.25, 0.3) is 6.43 Å². The monoisotopic (exact) mass is 278 g/mol. The zero-order valence-corrected chi connectivity index (χ0v) is 12.3. The van der Waals surface area contributed by atoms with Crippen LogP contribution in [0.1, 0.15) is 39.5 Å². The highest BCUT2D eigenvalue weighted by molar-refractivity contribution is 4.99. The molecule has 1 aliphatic rings. The van der Waals surface area contributed by atoms with Crippen molar-refractivity contribution in [3.63, 3.8) is 0 Å². The van der Waals surface area contributed by atoms with Gasteiger partial charge in [-0.15, -0.1) is 0 Å². The van der Waals surface area contributed by atoms with Crippen LogP contribution in [-0.2, 0) is 0 Å².